The molecule has 0 amide bonds. The van der Waals surface area contributed by atoms with E-state index in [1.165, 1.54) is 6.92 Å². The van der Waals surface area contributed by atoms with Crippen LogP contribution in [-0.2, 0) is 24.6 Å². The minimum absolute atomic E-state index is 0.0703. The van der Waals surface area contributed by atoms with Gasteiger partial charge in [-0.05, 0) is 30.5 Å². The molecule has 0 spiro atoms. The Labute approximate surface area is 217 Å². The first-order chi connectivity index (χ1) is 17.8. The van der Waals surface area contributed by atoms with Crippen molar-refractivity contribution in [3.05, 3.63) is 108 Å². The Morgan fingerprint density at radius 1 is 0.973 bits per heavy atom. The van der Waals surface area contributed by atoms with E-state index < -0.39 is 41.6 Å². The summed E-state index contributed by atoms with van der Waals surface area (Å²) in [5, 5.41) is 32.7. The Morgan fingerprint density at radius 3 is 1.84 bits per heavy atom. The molecular weight excluding hydrogens is 472 g/mol. The summed E-state index contributed by atoms with van der Waals surface area (Å²) >= 11 is 0. The number of hydrogen-bond donors (Lipinski definition) is 3. The van der Waals surface area contributed by atoms with Crippen LogP contribution < -0.4 is 0 Å². The highest BCUT2D eigenvalue weighted by Crippen LogP contribution is 2.41. The fraction of sp³-hybridized carbons (Fsp3) is 0.367. The average molecular weight is 507 g/mol. The van der Waals surface area contributed by atoms with Crippen molar-refractivity contribution >= 4 is 5.97 Å². The van der Waals surface area contributed by atoms with E-state index in [-0.39, 0.29) is 19.6 Å². The lowest BCUT2D eigenvalue weighted by Gasteiger charge is -2.44. The molecule has 0 bridgehead atoms. The molecule has 3 N–H and O–H groups in total. The summed E-state index contributed by atoms with van der Waals surface area (Å²) in [6, 6.07) is 29.2. The number of benzene rings is 3. The average Bonchev–Trinajstić information content (AvgIpc) is 2.90. The van der Waals surface area contributed by atoms with E-state index in [0.29, 0.717) is 0 Å². The molecule has 3 aromatic rings. The molecule has 7 nitrogen and oxygen atoms in total. The minimum Gasteiger partial charge on any atom is -0.466 e. The molecule has 0 unspecified atom stereocenters. The lowest BCUT2D eigenvalue weighted by Crippen LogP contribution is -2.58. The fourth-order valence-electron chi connectivity index (χ4n) is 5.09. The topological polar surface area (TPSA) is 105 Å². The minimum atomic E-state index is -2.02. The number of ether oxygens (including phenoxy) is 3. The van der Waals surface area contributed by atoms with Gasteiger partial charge in [0.05, 0.1) is 25.4 Å². The second-order valence-electron chi connectivity index (χ2n) is 9.40. The molecule has 0 aromatic heterocycles. The van der Waals surface area contributed by atoms with E-state index in [4.69, 9.17) is 14.2 Å². The molecule has 1 heterocycles. The lowest BCUT2D eigenvalue weighted by atomic mass is 9.80. The summed E-state index contributed by atoms with van der Waals surface area (Å²) in [4.78, 5) is 12.3. The molecule has 1 aliphatic heterocycles. The van der Waals surface area contributed by atoms with Gasteiger partial charge in [-0.2, -0.15) is 0 Å². The van der Waals surface area contributed by atoms with Crippen LogP contribution in [0.3, 0.4) is 0 Å². The Balaban J connectivity index is 1.64. The molecule has 1 fully saturated rings. The third kappa shape index (κ3) is 5.61. The van der Waals surface area contributed by atoms with Gasteiger partial charge >= 0.3 is 5.97 Å². The van der Waals surface area contributed by atoms with Crippen LogP contribution in [0.1, 0.15) is 37.0 Å². The molecule has 3 aromatic carbocycles. The van der Waals surface area contributed by atoms with Crippen molar-refractivity contribution in [3.63, 3.8) is 0 Å². The summed E-state index contributed by atoms with van der Waals surface area (Å²) < 4.78 is 17.4. The fourth-order valence-corrected chi connectivity index (χ4v) is 5.09. The number of carbonyl (C=O) groups excluding carboxylic acids is 1. The molecule has 0 aliphatic carbocycles. The van der Waals surface area contributed by atoms with Crippen LogP contribution in [0.4, 0.5) is 0 Å². The van der Waals surface area contributed by atoms with Crippen LogP contribution in [0.25, 0.3) is 0 Å². The Bertz CT molecular complexity index is 1040. The van der Waals surface area contributed by atoms with Crippen molar-refractivity contribution in [1.82, 2.24) is 0 Å². The highest BCUT2D eigenvalue weighted by Gasteiger charge is 2.52. The number of esters is 1. The molecule has 0 radical (unpaired) electrons. The van der Waals surface area contributed by atoms with Gasteiger partial charge in [0, 0.05) is 6.42 Å². The maximum Gasteiger partial charge on any atom is 0.317 e. The zero-order chi connectivity index (χ0) is 26.5. The van der Waals surface area contributed by atoms with Crippen LogP contribution in [0.5, 0.6) is 0 Å². The summed E-state index contributed by atoms with van der Waals surface area (Å²) in [7, 11) is 0. The number of rotatable bonds is 9. The maximum atomic E-state index is 12.3. The van der Waals surface area contributed by atoms with Crippen LogP contribution in [-0.4, -0.2) is 58.6 Å². The molecule has 1 aliphatic rings. The summed E-state index contributed by atoms with van der Waals surface area (Å²) in [5.41, 5.74) is 1.57. The van der Waals surface area contributed by atoms with Gasteiger partial charge in [-0.1, -0.05) is 91.0 Å². The normalized spacial score (nSPS) is 24.8. The summed E-state index contributed by atoms with van der Waals surface area (Å²) in [6.45, 7) is 2.87. The molecule has 5 atom stereocenters. The van der Waals surface area contributed by atoms with Gasteiger partial charge in [0.1, 0.15) is 17.6 Å². The van der Waals surface area contributed by atoms with Crippen molar-refractivity contribution in [2.24, 2.45) is 5.92 Å². The molecule has 1 saturated heterocycles. The summed E-state index contributed by atoms with van der Waals surface area (Å²) in [5.74, 6) is -4.06. The lowest BCUT2D eigenvalue weighted by molar-refractivity contribution is -0.308. The third-order valence-electron chi connectivity index (χ3n) is 6.81. The SMILES string of the molecule is CCOC(=O)[C@@H]1[C@@H](O)C[C@@H]([C@H](O)COC(c2ccccc2)(c2ccccc2)c2ccccc2)O[C@]1(C)O. The highest BCUT2D eigenvalue weighted by atomic mass is 16.6. The molecule has 7 heteroatoms. The molecule has 4 rings (SSSR count). The number of hydrogen-bond acceptors (Lipinski definition) is 7. The van der Waals surface area contributed by atoms with Gasteiger partial charge in [-0.25, -0.2) is 0 Å². The quantitative estimate of drug-likeness (QED) is 0.302. The largest absolute Gasteiger partial charge is 0.466 e. The Morgan fingerprint density at radius 2 is 1.43 bits per heavy atom. The number of carbonyl (C=O) groups is 1. The van der Waals surface area contributed by atoms with Gasteiger partial charge < -0.3 is 29.5 Å². The smallest absolute Gasteiger partial charge is 0.317 e. The Kier molecular flexibility index (Phi) is 8.42. The second kappa shape index (κ2) is 11.5. The van der Waals surface area contributed by atoms with Crippen LogP contribution in [0.2, 0.25) is 0 Å². The van der Waals surface area contributed by atoms with Crippen molar-refractivity contribution in [3.8, 4) is 0 Å². The van der Waals surface area contributed by atoms with Crippen molar-refractivity contribution in [2.45, 2.75) is 50.0 Å². The van der Waals surface area contributed by atoms with Gasteiger partial charge in [0.2, 0.25) is 0 Å². The van der Waals surface area contributed by atoms with Gasteiger partial charge in [0.25, 0.3) is 0 Å². The third-order valence-corrected chi connectivity index (χ3v) is 6.81. The highest BCUT2D eigenvalue weighted by molar-refractivity contribution is 5.74. The van der Waals surface area contributed by atoms with Gasteiger partial charge in [0.15, 0.2) is 5.79 Å². The summed E-state index contributed by atoms with van der Waals surface area (Å²) in [6.07, 6.45) is -3.51. The predicted octanol–water partition coefficient (Wildman–Crippen LogP) is 3.39. The number of aliphatic hydroxyl groups is 3. The van der Waals surface area contributed by atoms with Gasteiger partial charge in [-0.15, -0.1) is 0 Å². The van der Waals surface area contributed by atoms with E-state index in [1.807, 2.05) is 91.0 Å². The molecule has 37 heavy (non-hydrogen) atoms. The van der Waals surface area contributed by atoms with Crippen LogP contribution in [0, 0.1) is 5.92 Å². The van der Waals surface area contributed by atoms with Crippen molar-refractivity contribution < 1.29 is 34.3 Å². The van der Waals surface area contributed by atoms with Gasteiger partial charge in [-0.3, -0.25) is 4.79 Å². The Hall–Kier alpha value is -3.07. The van der Waals surface area contributed by atoms with Crippen LogP contribution in [0.15, 0.2) is 91.0 Å². The molecule has 196 valence electrons. The standard InChI is InChI=1S/C30H34O7/c1-3-35-28(33)27-24(31)19-26(37-29(27,2)34)25(32)20-36-30(21-13-7-4-8-14-21,22-15-9-5-10-16-22)23-17-11-6-12-18-23/h4-18,24-27,31-32,34H,3,19-20H2,1-2H3/t24-,25+,26-,27-,29-/m0/s1. The monoisotopic (exact) mass is 506 g/mol. The first-order valence-corrected chi connectivity index (χ1v) is 12.5. The maximum absolute atomic E-state index is 12.3. The van der Waals surface area contributed by atoms with E-state index in [1.54, 1.807) is 6.92 Å². The van der Waals surface area contributed by atoms with Crippen LogP contribution >= 0.6 is 0 Å². The molecule has 0 saturated carbocycles. The van der Waals surface area contributed by atoms with E-state index in [2.05, 4.69) is 0 Å². The predicted molar refractivity (Wildman–Crippen MR) is 137 cm³/mol. The van der Waals surface area contributed by atoms with Crippen molar-refractivity contribution in [1.29, 1.82) is 0 Å². The first-order valence-electron chi connectivity index (χ1n) is 12.5. The second-order valence-corrected chi connectivity index (χ2v) is 9.40. The zero-order valence-electron chi connectivity index (χ0n) is 21.1. The van der Waals surface area contributed by atoms with E-state index >= 15 is 0 Å². The first kappa shape index (κ1) is 27.0. The van der Waals surface area contributed by atoms with Crippen molar-refractivity contribution in [2.75, 3.05) is 13.2 Å². The van der Waals surface area contributed by atoms with E-state index in [0.717, 1.165) is 16.7 Å². The zero-order valence-corrected chi connectivity index (χ0v) is 21.1. The molecular formula is C30H34O7. The number of aliphatic hydroxyl groups excluding tert-OH is 2. The van der Waals surface area contributed by atoms with E-state index in [9.17, 15) is 20.1 Å².